The molecule has 0 saturated carbocycles. The van der Waals surface area contributed by atoms with Crippen molar-refractivity contribution in [1.29, 1.82) is 0 Å². The molecule has 0 radical (unpaired) electrons. The fourth-order valence-electron chi connectivity index (χ4n) is 9.82. The molecule has 9 aromatic rings. The van der Waals surface area contributed by atoms with E-state index in [-0.39, 0.29) is 82.0 Å². The highest BCUT2D eigenvalue weighted by molar-refractivity contribution is 14.1. The van der Waals surface area contributed by atoms with Crippen molar-refractivity contribution in [3.63, 3.8) is 0 Å². The summed E-state index contributed by atoms with van der Waals surface area (Å²) in [6.45, 7) is 91.4. The number of rotatable bonds is 26. The number of nitrogens with one attached hydrogen (secondary N) is 1. The Balaban J connectivity index is -0.0000000888. The van der Waals surface area contributed by atoms with Gasteiger partial charge >= 0.3 is 17.9 Å². The molecule has 0 atom stereocenters. The van der Waals surface area contributed by atoms with E-state index in [0.717, 1.165) is 120 Å². The number of carbonyl (C=O) groups excluding carboxylic acids is 6. The Kier molecular flexibility index (Phi) is 145. The van der Waals surface area contributed by atoms with Crippen LogP contribution in [0.2, 0.25) is 13.1 Å². The number of halogens is 1. The molecule has 828 valence electrons. The molecule has 0 aliphatic carbocycles. The minimum absolute atomic E-state index is 0. The van der Waals surface area contributed by atoms with Crippen molar-refractivity contribution in [2.45, 2.75) is 292 Å². The van der Waals surface area contributed by atoms with E-state index in [0.29, 0.717) is 28.1 Å². The number of aryl methyl sites for hydroxylation is 3. The van der Waals surface area contributed by atoms with E-state index in [1.165, 1.54) is 55.2 Å². The summed E-state index contributed by atoms with van der Waals surface area (Å²) in [6, 6.07) is 30.5. The number of alkyl halides is 1. The predicted octanol–water partition coefficient (Wildman–Crippen LogP) is 28.0. The summed E-state index contributed by atoms with van der Waals surface area (Å²) >= 11 is 2.15. The topological polar surface area (TPSA) is 371 Å². The second-order valence-electron chi connectivity index (χ2n) is 25.4. The lowest BCUT2D eigenvalue weighted by Crippen LogP contribution is -2.31. The van der Waals surface area contributed by atoms with Gasteiger partial charge in [0.05, 0.1) is 22.3 Å². The third-order valence-corrected chi connectivity index (χ3v) is 19.0. The van der Waals surface area contributed by atoms with Gasteiger partial charge in [-0.2, -0.15) is 0 Å². The molecule has 9 aromatic heterocycles. The van der Waals surface area contributed by atoms with Crippen LogP contribution >= 0.6 is 22.6 Å². The van der Waals surface area contributed by atoms with E-state index in [1.54, 1.807) is 147 Å². The van der Waals surface area contributed by atoms with Crippen LogP contribution in [0.5, 0.6) is 0 Å². The number of aromatic nitrogens is 9. The standard InChI is InChI=1S/3C11H16N2O.3C10H14N2O.3C6H5NO2.C6H14OSi.C4H11N.9C2H6.CH3I.4CH4/c1-4-13(5-2)11(14)10-6-7-12-8-9(10)3;1-4-13(5-2)11(14)10-8-12-7-6-9(10)3;1-4-13(5-2)11(14)10-9(3)7-6-8-12-10;1-3-12(4-2)10(13)9-5-7-11-8-6-9;1-3-12(4-2)10(13)9-6-5-7-11-8-9;1-3-12(4-2)10(13)9-7-5-6-8-11-9;8-6(9)5-1-3-7-4-2-5;8-6(9)5-2-1-3-7-4-5;8-6(9)5-3-1-2-4-7-5;1-5-7-8(3,4)6-2;1-3-5-4-2;10*1-2;;;;/h3*6-8H,4-5H2,1-3H3;3*5-8H,3-4H2,1-2H3;3*1-4H,(H,8,9);6H,2,5H2,1,3-4H3;5H,3-4H2,1-2H3;9*1-2H3;1H3;4*1H4. The van der Waals surface area contributed by atoms with E-state index < -0.39 is 26.2 Å². The Morgan fingerprint density at radius 1 is 0.310 bits per heavy atom. The number of carboxylic acid groups (broad SMARTS) is 3. The number of hydrogen-bond donors (Lipinski definition) is 4. The average Bonchev–Trinajstić information content (AvgIpc) is 0.857. The lowest BCUT2D eigenvalue weighted by Gasteiger charge is -2.19. The van der Waals surface area contributed by atoms with Gasteiger partial charge < -0.3 is 54.5 Å². The van der Waals surface area contributed by atoms with Gasteiger partial charge in [-0.3, -0.25) is 68.6 Å². The molecule has 0 fully saturated rings. The highest BCUT2D eigenvalue weighted by Crippen LogP contribution is 2.13. The molecule has 0 aromatic carbocycles. The first-order chi connectivity index (χ1) is 67.9. The summed E-state index contributed by atoms with van der Waals surface area (Å²) in [5.41, 5.74) is 9.27. The van der Waals surface area contributed by atoms with Gasteiger partial charge in [0.1, 0.15) is 17.1 Å². The zero-order valence-electron chi connectivity index (χ0n) is 94.0. The smallest absolute Gasteiger partial charge is 0.354 e. The number of carbonyl (C=O) groups is 9. The Hall–Kier alpha value is -11.8. The first kappa shape index (κ1) is 169. The highest BCUT2D eigenvalue weighted by Gasteiger charge is 2.20. The summed E-state index contributed by atoms with van der Waals surface area (Å²) in [5, 5.41) is 28.1. The van der Waals surface area contributed by atoms with E-state index in [2.05, 4.69) is 106 Å². The number of hydrogen-bond acceptors (Lipinski definition) is 20. The number of aromatic carboxylic acids is 3. The molecule has 0 spiro atoms. The largest absolute Gasteiger partial charge is 0.478 e. The predicted molar refractivity (Wildman–Crippen MR) is 629 cm³/mol. The lowest BCUT2D eigenvalue weighted by atomic mass is 10.1. The molecule has 0 saturated heterocycles. The molecule has 9 rings (SSSR count). The van der Waals surface area contributed by atoms with E-state index in [1.807, 2.05) is 275 Å². The summed E-state index contributed by atoms with van der Waals surface area (Å²) < 4.78 is 5.40. The SMILES string of the molecule is C.C.C.C.C=C[Si](C)(C)OCC.CC.CC.CC.CC.CC.CC.CC.CC.CC.CCN(CC)C(=O)c1ccccn1.CCN(CC)C(=O)c1cccnc1.CCN(CC)C(=O)c1ccncc1.CCN(CC)C(=O)c1ccncc1C.CCN(CC)C(=O)c1cnccc1C.CCN(CC)C(=O)c1ncccc1C.CCNCC.CI.O=C(O)c1ccccn1.O=C(O)c1cccnc1.O=C(O)c1ccncc1. The molecule has 9 heterocycles. The van der Waals surface area contributed by atoms with Crippen LogP contribution < -0.4 is 5.32 Å². The molecule has 6 amide bonds. The van der Waals surface area contributed by atoms with E-state index in [9.17, 15) is 43.2 Å². The Labute approximate surface area is 897 Å². The fourth-order valence-corrected chi connectivity index (χ4v) is 10.7. The minimum atomic E-state index is -1.41. The third-order valence-electron chi connectivity index (χ3n) is 17.0. The molecule has 31 heteroatoms. The first-order valence-corrected chi connectivity index (χ1v) is 55.0. The maximum absolute atomic E-state index is 11.9. The van der Waals surface area contributed by atoms with E-state index in [4.69, 9.17) is 19.7 Å². The summed E-state index contributed by atoms with van der Waals surface area (Å²) in [6.07, 6.45) is 23.7. The van der Waals surface area contributed by atoms with Crippen LogP contribution in [-0.2, 0) is 4.43 Å². The second kappa shape index (κ2) is 124. The number of nitrogens with zero attached hydrogens (tertiary/aromatic N) is 15. The van der Waals surface area contributed by atoms with Crippen molar-refractivity contribution in [3.8, 4) is 0 Å². The molecule has 0 aliphatic heterocycles. The van der Waals surface area contributed by atoms with Crippen molar-refractivity contribution < 1.29 is 62.9 Å². The maximum atomic E-state index is 11.9. The maximum Gasteiger partial charge on any atom is 0.354 e. The van der Waals surface area contributed by atoms with Gasteiger partial charge in [-0.25, -0.2) is 19.4 Å². The van der Waals surface area contributed by atoms with Gasteiger partial charge in [-0.15, -0.1) is 6.58 Å². The van der Waals surface area contributed by atoms with Crippen molar-refractivity contribution in [2.75, 3.05) is 103 Å². The Bertz CT molecular complexity index is 3920. The second-order valence-corrected chi connectivity index (χ2v) is 29.3. The highest BCUT2D eigenvalue weighted by atomic mass is 127. The number of pyridine rings is 9. The lowest BCUT2D eigenvalue weighted by molar-refractivity contribution is 0.0681. The zero-order chi connectivity index (χ0) is 112. The summed E-state index contributed by atoms with van der Waals surface area (Å²) in [4.78, 5) is 149. The molecule has 29 nitrogen and oxygen atoms in total. The summed E-state index contributed by atoms with van der Waals surface area (Å²) in [7, 11) is -1.41. The van der Waals surface area contributed by atoms with Gasteiger partial charge in [0.15, 0.2) is 0 Å². The third kappa shape index (κ3) is 85.2. The van der Waals surface area contributed by atoms with Gasteiger partial charge in [0.2, 0.25) is 8.32 Å². The van der Waals surface area contributed by atoms with Crippen LogP contribution in [0.4, 0.5) is 0 Å². The average molecular weight is 2160 g/mol. The van der Waals surface area contributed by atoms with Gasteiger partial charge in [-0.1, -0.05) is 215 Å². The van der Waals surface area contributed by atoms with Crippen molar-refractivity contribution in [1.82, 2.24) is 79.6 Å². The van der Waals surface area contributed by atoms with Crippen LogP contribution in [0, 0.1) is 20.8 Å². The number of amides is 6. The van der Waals surface area contributed by atoms with Crippen LogP contribution in [0.15, 0.2) is 214 Å². The van der Waals surface area contributed by atoms with Gasteiger partial charge in [0, 0.05) is 189 Å². The van der Waals surface area contributed by atoms with Crippen LogP contribution in [0.3, 0.4) is 0 Å². The molecular formula is C114H203IN16O13Si. The molecule has 0 bridgehead atoms. The van der Waals surface area contributed by atoms with Gasteiger partial charge in [-0.05, 0) is 250 Å². The molecular weight excluding hydrogens is 1960 g/mol. The molecule has 4 N–H and O–H groups in total. The minimum Gasteiger partial charge on any atom is -0.478 e. The zero-order valence-corrected chi connectivity index (χ0v) is 97.1. The quantitative estimate of drug-likeness (QED) is 0.0222. The van der Waals surface area contributed by atoms with E-state index >= 15 is 0 Å². The molecule has 0 aliphatic rings. The Morgan fingerprint density at radius 3 is 0.903 bits per heavy atom. The van der Waals surface area contributed by atoms with Crippen molar-refractivity contribution >= 4 is 84.3 Å². The van der Waals surface area contributed by atoms with Gasteiger partial charge in [0.25, 0.3) is 35.4 Å². The fraction of sp³-hybridized carbons (Fsp3) is 0.509. The summed E-state index contributed by atoms with van der Waals surface area (Å²) in [5.74, 6) is -2.53. The van der Waals surface area contributed by atoms with Crippen molar-refractivity contribution in [3.05, 3.63) is 282 Å². The molecule has 145 heavy (non-hydrogen) atoms. The number of carboxylic acids is 3. The Morgan fingerprint density at radius 2 is 0.621 bits per heavy atom. The van der Waals surface area contributed by atoms with Crippen molar-refractivity contribution in [2.24, 2.45) is 0 Å². The normalized spacial score (nSPS) is 8.47. The molecule has 0 unspecified atom stereocenters. The van der Waals surface area contributed by atoms with Crippen LogP contribution in [0.25, 0.3) is 0 Å². The first-order valence-electron chi connectivity index (χ1n) is 49.9. The van der Waals surface area contributed by atoms with Crippen LogP contribution in [-0.4, -0.2) is 254 Å². The monoisotopic (exact) mass is 2160 g/mol. The van der Waals surface area contributed by atoms with Crippen LogP contribution in [0.1, 0.15) is 368 Å².